The molecular weight excluding hydrogens is 817 g/mol. The number of halogens is 8. The number of anilines is 3. The molecule has 1 spiro atoms. The number of aromatic hydroxyl groups is 1. The molecule has 0 bridgehead atoms. The summed E-state index contributed by atoms with van der Waals surface area (Å²) in [5.41, 5.74) is 6.14. The minimum absolute atomic E-state index is 0.0121. The summed E-state index contributed by atoms with van der Waals surface area (Å²) < 4.78 is 117. The fraction of sp³-hybridized carbons (Fsp3) is 0.421. The van der Waals surface area contributed by atoms with Crippen LogP contribution in [0.3, 0.4) is 0 Å². The fourth-order valence-electron chi connectivity index (χ4n) is 8.07. The number of nitrogens with zero attached hydrogens (tertiary/aromatic N) is 5. The highest BCUT2D eigenvalue weighted by molar-refractivity contribution is 7.23. The molecule has 2 aromatic carbocycles. The molecule has 0 unspecified atom stereocenters. The van der Waals surface area contributed by atoms with Crippen molar-refractivity contribution < 1.29 is 45.3 Å². The van der Waals surface area contributed by atoms with E-state index in [-0.39, 0.29) is 56.7 Å². The van der Waals surface area contributed by atoms with Crippen molar-refractivity contribution in [1.82, 2.24) is 19.9 Å². The lowest BCUT2D eigenvalue weighted by Crippen LogP contribution is -2.41. The molecule has 3 aromatic heterocycles. The van der Waals surface area contributed by atoms with Crippen molar-refractivity contribution in [2.24, 2.45) is 10.8 Å². The van der Waals surface area contributed by atoms with E-state index in [0.29, 0.717) is 56.7 Å². The van der Waals surface area contributed by atoms with Crippen LogP contribution in [0.2, 0.25) is 5.02 Å². The molecular formula is C38H34ClF7N8O3S. The van der Waals surface area contributed by atoms with Gasteiger partial charge >= 0.3 is 12.2 Å². The summed E-state index contributed by atoms with van der Waals surface area (Å²) in [7, 11) is 1.34. The zero-order valence-corrected chi connectivity index (χ0v) is 32.1. The molecule has 11 nitrogen and oxygen atoms in total. The van der Waals surface area contributed by atoms with E-state index >= 15 is 22.0 Å². The molecule has 306 valence electrons. The van der Waals surface area contributed by atoms with Gasteiger partial charge in [0.2, 0.25) is 0 Å². The molecule has 3 fully saturated rings. The number of aromatic nitrogens is 3. The van der Waals surface area contributed by atoms with Crippen LogP contribution in [0, 0.1) is 33.8 Å². The second-order valence-electron chi connectivity index (χ2n) is 15.2. The third kappa shape index (κ3) is 6.82. The number of nitriles is 1. The standard InChI is InChI=1S/C38H34ClF7N8O3S/c1-56-13-22(19-10-17(39)12-50-31(19)48)51-33-25-28(52-34(53-33)57-16-35(4-5-35)15-54-8-6-36(7-9-54)14-37(36,42)43)27(41)24(26(29(25)55)38(44,45)46)18-2-3-21(40)30-23(18)20(11-47)32(49)58-30/h2-3,10,12,22,55H,4-9,13-16,49H2,1H3,(H2,48,50)(H,51,52,53)/t22-/m1/s1. The first-order chi connectivity index (χ1) is 27.4. The van der Waals surface area contributed by atoms with Gasteiger partial charge in [-0.05, 0) is 56.5 Å². The predicted molar refractivity (Wildman–Crippen MR) is 203 cm³/mol. The third-order valence-electron chi connectivity index (χ3n) is 11.5. The number of alkyl halides is 5. The molecule has 5 aromatic rings. The quantitative estimate of drug-likeness (QED) is 0.0939. The average molecular weight is 851 g/mol. The molecule has 0 radical (unpaired) electrons. The summed E-state index contributed by atoms with van der Waals surface area (Å²) >= 11 is 6.80. The van der Waals surface area contributed by atoms with E-state index in [9.17, 15) is 19.1 Å². The number of methoxy groups -OCH3 is 1. The van der Waals surface area contributed by atoms with Gasteiger partial charge in [0.25, 0.3) is 5.92 Å². The molecule has 1 saturated heterocycles. The van der Waals surface area contributed by atoms with E-state index in [2.05, 4.69) is 25.2 Å². The highest BCUT2D eigenvalue weighted by atomic mass is 35.5. The summed E-state index contributed by atoms with van der Waals surface area (Å²) in [5, 5.41) is 23.2. The molecule has 6 N–H and O–H groups in total. The maximum atomic E-state index is 17.3. The molecule has 2 saturated carbocycles. The number of phenols is 1. The first kappa shape index (κ1) is 39.9. The fourth-order valence-corrected chi connectivity index (χ4v) is 9.18. The van der Waals surface area contributed by atoms with Crippen LogP contribution in [-0.4, -0.2) is 70.8 Å². The third-order valence-corrected chi connectivity index (χ3v) is 12.7. The second-order valence-corrected chi connectivity index (χ2v) is 16.7. The normalized spacial score (nSPS) is 18.7. The number of ether oxygens (including phenoxy) is 2. The van der Waals surface area contributed by atoms with Gasteiger partial charge in [-0.3, -0.25) is 0 Å². The number of thiophene rings is 1. The van der Waals surface area contributed by atoms with Gasteiger partial charge in [-0.1, -0.05) is 17.7 Å². The average Bonchev–Trinajstić information content (AvgIpc) is 4.00. The van der Waals surface area contributed by atoms with E-state index < -0.39 is 85.8 Å². The summed E-state index contributed by atoms with van der Waals surface area (Å²) in [5.74, 6) is -7.17. The van der Waals surface area contributed by atoms with Crippen molar-refractivity contribution in [2.45, 2.75) is 50.2 Å². The van der Waals surface area contributed by atoms with Crippen molar-refractivity contribution in [3.8, 4) is 29.0 Å². The number of fused-ring (bicyclic) bond motifs is 2. The van der Waals surface area contributed by atoms with Crippen molar-refractivity contribution in [3.63, 3.8) is 0 Å². The van der Waals surface area contributed by atoms with E-state index in [0.717, 1.165) is 12.1 Å². The molecule has 2 aliphatic carbocycles. The molecule has 8 rings (SSSR count). The van der Waals surface area contributed by atoms with Gasteiger partial charge in [-0.2, -0.15) is 28.4 Å². The van der Waals surface area contributed by atoms with Crippen LogP contribution in [0.1, 0.15) is 54.8 Å². The van der Waals surface area contributed by atoms with Crippen LogP contribution in [-0.2, 0) is 10.9 Å². The Bertz CT molecular complexity index is 2520. The number of phenolic OH excluding ortho intramolecular Hbond substituents is 1. The number of hydrogen-bond acceptors (Lipinski definition) is 12. The Labute approximate surface area is 334 Å². The van der Waals surface area contributed by atoms with Crippen LogP contribution < -0.4 is 21.5 Å². The zero-order chi connectivity index (χ0) is 41.5. The smallest absolute Gasteiger partial charge is 0.420 e. The predicted octanol–water partition coefficient (Wildman–Crippen LogP) is 8.68. The molecule has 20 heteroatoms. The zero-order valence-electron chi connectivity index (χ0n) is 30.5. The largest absolute Gasteiger partial charge is 0.506 e. The number of nitrogens with one attached hydrogen (secondary N) is 1. The Hall–Kier alpha value is -4.90. The number of piperidine rings is 1. The van der Waals surface area contributed by atoms with Gasteiger partial charge in [-0.25, -0.2) is 22.5 Å². The van der Waals surface area contributed by atoms with Crippen LogP contribution in [0.4, 0.5) is 47.4 Å². The number of likely N-dealkylation sites (tertiary alicyclic amines) is 1. The summed E-state index contributed by atoms with van der Waals surface area (Å²) in [6, 6.07) is 3.35. The van der Waals surface area contributed by atoms with Crippen LogP contribution in [0.15, 0.2) is 24.4 Å². The Morgan fingerprint density at radius 2 is 1.83 bits per heavy atom. The van der Waals surface area contributed by atoms with Gasteiger partial charge in [0.15, 0.2) is 5.82 Å². The molecule has 1 atom stereocenters. The first-order valence-corrected chi connectivity index (χ1v) is 19.2. The lowest BCUT2D eigenvalue weighted by Gasteiger charge is -2.34. The maximum Gasteiger partial charge on any atom is 0.420 e. The monoisotopic (exact) mass is 850 g/mol. The molecule has 58 heavy (non-hydrogen) atoms. The summed E-state index contributed by atoms with van der Waals surface area (Å²) in [6.45, 7) is 1.27. The van der Waals surface area contributed by atoms with Crippen LogP contribution in [0.25, 0.3) is 32.1 Å². The van der Waals surface area contributed by atoms with Crippen LogP contribution in [0.5, 0.6) is 11.8 Å². The summed E-state index contributed by atoms with van der Waals surface area (Å²) in [6.07, 6.45) is -2.11. The first-order valence-electron chi connectivity index (χ1n) is 18.1. The molecule has 0 amide bonds. The van der Waals surface area contributed by atoms with Crippen molar-refractivity contribution in [2.75, 3.05) is 56.7 Å². The second kappa shape index (κ2) is 14.1. The van der Waals surface area contributed by atoms with E-state index in [1.165, 1.54) is 19.4 Å². The number of rotatable bonds is 11. The number of pyridine rings is 1. The topological polar surface area (TPSA) is 168 Å². The SMILES string of the molecule is COC[C@@H](Nc1nc(OCC2(CN3CCC4(CC3)CC4(F)F)CC2)nc2c(F)c(-c3ccc(F)c4sc(N)c(C#N)c34)c(C(F)(F)F)c(O)c12)c1cc(Cl)cnc1N. The van der Waals surface area contributed by atoms with E-state index in [1.54, 1.807) is 6.07 Å². The van der Waals surface area contributed by atoms with Crippen molar-refractivity contribution in [1.29, 1.82) is 5.26 Å². The molecule has 4 heterocycles. The number of nitrogen functional groups attached to an aromatic ring is 2. The van der Waals surface area contributed by atoms with Gasteiger partial charge < -0.3 is 36.3 Å². The maximum absolute atomic E-state index is 17.3. The molecule has 1 aliphatic heterocycles. The number of hydrogen-bond donors (Lipinski definition) is 4. The number of benzene rings is 2. The number of nitrogens with two attached hydrogens (primary N) is 2. The Kier molecular flexibility index (Phi) is 9.73. The lowest BCUT2D eigenvalue weighted by atomic mass is 9.91. The van der Waals surface area contributed by atoms with E-state index in [4.69, 9.17) is 32.5 Å². The van der Waals surface area contributed by atoms with Gasteiger partial charge in [0.1, 0.15) is 45.4 Å². The Balaban J connectivity index is 1.26. The van der Waals surface area contributed by atoms with Gasteiger partial charge in [0, 0.05) is 53.6 Å². The van der Waals surface area contributed by atoms with Crippen molar-refractivity contribution >= 4 is 60.6 Å². The highest BCUT2D eigenvalue weighted by Crippen LogP contribution is 2.66. The van der Waals surface area contributed by atoms with Gasteiger partial charge in [-0.15, -0.1) is 11.3 Å². The summed E-state index contributed by atoms with van der Waals surface area (Å²) in [4.78, 5) is 14.7. The van der Waals surface area contributed by atoms with Crippen molar-refractivity contribution in [3.05, 3.63) is 57.7 Å². The van der Waals surface area contributed by atoms with E-state index in [1.807, 2.05) is 0 Å². The Morgan fingerprint density at radius 3 is 2.45 bits per heavy atom. The Morgan fingerprint density at radius 1 is 1.12 bits per heavy atom. The van der Waals surface area contributed by atoms with Crippen LogP contribution >= 0.6 is 22.9 Å². The highest BCUT2D eigenvalue weighted by Gasteiger charge is 2.70. The minimum atomic E-state index is -5.44. The minimum Gasteiger partial charge on any atom is -0.506 e. The van der Waals surface area contributed by atoms with Gasteiger partial charge in [0.05, 0.1) is 39.9 Å². The lowest BCUT2D eigenvalue weighted by molar-refractivity contribution is -0.138. The molecule has 3 aliphatic rings.